The van der Waals surface area contributed by atoms with Gasteiger partial charge in [-0.2, -0.15) is 0 Å². The monoisotopic (exact) mass is 207 g/mol. The predicted molar refractivity (Wildman–Crippen MR) is 64.9 cm³/mol. The van der Waals surface area contributed by atoms with Crippen LogP contribution in [0.5, 0.6) is 0 Å². The Morgan fingerprint density at radius 2 is 1.87 bits per heavy atom. The maximum atomic E-state index is 5.54. The van der Waals surface area contributed by atoms with Gasteiger partial charge in [0.2, 0.25) is 0 Å². The van der Waals surface area contributed by atoms with Crippen molar-refractivity contribution in [2.24, 2.45) is 5.73 Å². The molecule has 2 N–H and O–H groups in total. The van der Waals surface area contributed by atoms with E-state index >= 15 is 0 Å². The lowest BCUT2D eigenvalue weighted by Gasteiger charge is -2.22. The first-order valence-electron chi connectivity index (χ1n) is 5.71. The van der Waals surface area contributed by atoms with Crippen LogP contribution in [0.25, 0.3) is 0 Å². The standard InChI is InChI=1S/C12H21N3/c1-3-7-15(8-4-2)12-6-5-11(9-13)10-14-12/h5-6,10H,3-4,7-9,13H2,1-2H3. The van der Waals surface area contributed by atoms with Gasteiger partial charge in [0, 0.05) is 25.8 Å². The summed E-state index contributed by atoms with van der Waals surface area (Å²) in [5.41, 5.74) is 6.63. The van der Waals surface area contributed by atoms with Crippen LogP contribution in [-0.2, 0) is 6.54 Å². The van der Waals surface area contributed by atoms with Crippen molar-refractivity contribution in [1.82, 2.24) is 4.98 Å². The van der Waals surface area contributed by atoms with E-state index in [1.807, 2.05) is 6.20 Å². The molecule has 0 atom stereocenters. The molecule has 0 amide bonds. The molecular weight excluding hydrogens is 186 g/mol. The van der Waals surface area contributed by atoms with E-state index in [9.17, 15) is 0 Å². The zero-order valence-electron chi connectivity index (χ0n) is 9.74. The van der Waals surface area contributed by atoms with Crippen molar-refractivity contribution in [3.63, 3.8) is 0 Å². The molecule has 0 saturated heterocycles. The lowest BCUT2D eigenvalue weighted by Crippen LogP contribution is -2.25. The minimum Gasteiger partial charge on any atom is -0.357 e. The summed E-state index contributed by atoms with van der Waals surface area (Å²) < 4.78 is 0. The zero-order valence-corrected chi connectivity index (χ0v) is 9.74. The molecule has 0 aliphatic carbocycles. The summed E-state index contributed by atoms with van der Waals surface area (Å²) in [5, 5.41) is 0. The first-order chi connectivity index (χ1) is 7.31. The van der Waals surface area contributed by atoms with Crippen LogP contribution in [0.15, 0.2) is 18.3 Å². The molecule has 1 aromatic rings. The molecule has 3 nitrogen and oxygen atoms in total. The average molecular weight is 207 g/mol. The number of anilines is 1. The Bertz CT molecular complexity index is 263. The van der Waals surface area contributed by atoms with Crippen LogP contribution in [-0.4, -0.2) is 18.1 Å². The Morgan fingerprint density at radius 1 is 1.20 bits per heavy atom. The van der Waals surface area contributed by atoms with Gasteiger partial charge in [0.1, 0.15) is 5.82 Å². The summed E-state index contributed by atoms with van der Waals surface area (Å²) in [6.07, 6.45) is 4.17. The van der Waals surface area contributed by atoms with E-state index in [-0.39, 0.29) is 0 Å². The molecule has 0 aliphatic rings. The van der Waals surface area contributed by atoms with Gasteiger partial charge in [-0.1, -0.05) is 19.9 Å². The average Bonchev–Trinajstić information content (AvgIpc) is 2.29. The van der Waals surface area contributed by atoms with Crippen LogP contribution in [0.2, 0.25) is 0 Å². The number of nitrogens with zero attached hydrogens (tertiary/aromatic N) is 2. The fraction of sp³-hybridized carbons (Fsp3) is 0.583. The molecule has 1 aromatic heterocycles. The lowest BCUT2D eigenvalue weighted by molar-refractivity contribution is 0.733. The molecule has 84 valence electrons. The highest BCUT2D eigenvalue weighted by molar-refractivity contribution is 5.39. The van der Waals surface area contributed by atoms with Crippen LogP contribution >= 0.6 is 0 Å². The van der Waals surface area contributed by atoms with Crippen LogP contribution in [0.4, 0.5) is 5.82 Å². The zero-order chi connectivity index (χ0) is 11.1. The second-order valence-electron chi connectivity index (χ2n) is 3.72. The van der Waals surface area contributed by atoms with Gasteiger partial charge >= 0.3 is 0 Å². The normalized spacial score (nSPS) is 10.3. The first kappa shape index (κ1) is 12.0. The summed E-state index contributed by atoms with van der Waals surface area (Å²) in [5.74, 6) is 1.07. The molecule has 0 radical (unpaired) electrons. The summed E-state index contributed by atoms with van der Waals surface area (Å²) in [4.78, 5) is 6.75. The van der Waals surface area contributed by atoms with E-state index in [0.717, 1.165) is 37.3 Å². The Labute approximate surface area is 92.3 Å². The molecular formula is C12H21N3. The van der Waals surface area contributed by atoms with Crippen molar-refractivity contribution < 1.29 is 0 Å². The molecule has 15 heavy (non-hydrogen) atoms. The maximum Gasteiger partial charge on any atom is 0.128 e. The Hall–Kier alpha value is -1.09. The molecule has 3 heteroatoms. The van der Waals surface area contributed by atoms with Gasteiger partial charge < -0.3 is 10.6 Å². The molecule has 0 spiro atoms. The molecule has 0 bridgehead atoms. The van der Waals surface area contributed by atoms with Gasteiger partial charge in [-0.05, 0) is 24.5 Å². The van der Waals surface area contributed by atoms with E-state index in [0.29, 0.717) is 6.54 Å². The minimum absolute atomic E-state index is 0.564. The number of rotatable bonds is 6. The van der Waals surface area contributed by atoms with Gasteiger partial charge in [0.05, 0.1) is 0 Å². The smallest absolute Gasteiger partial charge is 0.128 e. The highest BCUT2D eigenvalue weighted by Gasteiger charge is 2.04. The van der Waals surface area contributed by atoms with Gasteiger partial charge in [0.15, 0.2) is 0 Å². The van der Waals surface area contributed by atoms with Crippen molar-refractivity contribution in [2.75, 3.05) is 18.0 Å². The van der Waals surface area contributed by atoms with Crippen molar-refractivity contribution >= 4 is 5.82 Å². The molecule has 0 saturated carbocycles. The van der Waals surface area contributed by atoms with Gasteiger partial charge in [-0.25, -0.2) is 4.98 Å². The topological polar surface area (TPSA) is 42.1 Å². The number of nitrogens with two attached hydrogens (primary N) is 1. The van der Waals surface area contributed by atoms with Crippen molar-refractivity contribution in [3.8, 4) is 0 Å². The quantitative estimate of drug-likeness (QED) is 0.777. The third-order valence-electron chi connectivity index (χ3n) is 2.36. The Morgan fingerprint density at radius 3 is 2.27 bits per heavy atom. The van der Waals surface area contributed by atoms with Crippen molar-refractivity contribution in [2.45, 2.75) is 33.2 Å². The van der Waals surface area contributed by atoms with E-state index < -0.39 is 0 Å². The van der Waals surface area contributed by atoms with E-state index in [4.69, 9.17) is 5.73 Å². The highest BCUT2D eigenvalue weighted by Crippen LogP contribution is 2.12. The predicted octanol–water partition coefficient (Wildman–Crippen LogP) is 2.17. The maximum absolute atomic E-state index is 5.54. The lowest BCUT2D eigenvalue weighted by atomic mass is 10.2. The molecule has 0 aliphatic heterocycles. The van der Waals surface area contributed by atoms with Gasteiger partial charge in [0.25, 0.3) is 0 Å². The third kappa shape index (κ3) is 3.51. The molecule has 1 rings (SSSR count). The third-order valence-corrected chi connectivity index (χ3v) is 2.36. The second-order valence-corrected chi connectivity index (χ2v) is 3.72. The van der Waals surface area contributed by atoms with Crippen LogP contribution < -0.4 is 10.6 Å². The number of hydrogen-bond acceptors (Lipinski definition) is 3. The number of pyridine rings is 1. The first-order valence-corrected chi connectivity index (χ1v) is 5.71. The van der Waals surface area contributed by atoms with E-state index in [1.165, 1.54) is 0 Å². The van der Waals surface area contributed by atoms with Crippen LogP contribution in [0, 0.1) is 0 Å². The second kappa shape index (κ2) is 6.40. The number of hydrogen-bond donors (Lipinski definition) is 1. The molecule has 0 aromatic carbocycles. The van der Waals surface area contributed by atoms with Crippen molar-refractivity contribution in [1.29, 1.82) is 0 Å². The Balaban J connectivity index is 2.72. The Kier molecular flexibility index (Phi) is 5.12. The SMILES string of the molecule is CCCN(CCC)c1ccc(CN)cn1. The fourth-order valence-electron chi connectivity index (χ4n) is 1.61. The number of aromatic nitrogens is 1. The molecule has 0 fully saturated rings. The summed E-state index contributed by atoms with van der Waals surface area (Å²) in [7, 11) is 0. The largest absolute Gasteiger partial charge is 0.357 e. The fourth-order valence-corrected chi connectivity index (χ4v) is 1.61. The van der Waals surface area contributed by atoms with Gasteiger partial charge in [-0.15, -0.1) is 0 Å². The van der Waals surface area contributed by atoms with Crippen LogP contribution in [0.1, 0.15) is 32.3 Å². The van der Waals surface area contributed by atoms with Gasteiger partial charge in [-0.3, -0.25) is 0 Å². The van der Waals surface area contributed by atoms with E-state index in [2.05, 4.69) is 35.9 Å². The summed E-state index contributed by atoms with van der Waals surface area (Å²) in [6, 6.07) is 4.12. The van der Waals surface area contributed by atoms with Crippen molar-refractivity contribution in [3.05, 3.63) is 23.9 Å². The summed E-state index contributed by atoms with van der Waals surface area (Å²) in [6.45, 7) is 7.09. The minimum atomic E-state index is 0.564. The highest BCUT2D eigenvalue weighted by atomic mass is 15.2. The molecule has 1 heterocycles. The van der Waals surface area contributed by atoms with Crippen LogP contribution in [0.3, 0.4) is 0 Å². The summed E-state index contributed by atoms with van der Waals surface area (Å²) >= 11 is 0. The molecule has 0 unspecified atom stereocenters. The van der Waals surface area contributed by atoms with E-state index in [1.54, 1.807) is 0 Å².